The van der Waals surface area contributed by atoms with Gasteiger partial charge in [-0.1, -0.05) is 6.07 Å². The lowest BCUT2D eigenvalue weighted by Gasteiger charge is -2.31. The molecule has 3 rings (SSSR count). The van der Waals surface area contributed by atoms with Crippen molar-refractivity contribution in [1.82, 2.24) is 19.9 Å². The third-order valence-corrected chi connectivity index (χ3v) is 3.98. The number of hydrogen-bond donors (Lipinski definition) is 0. The first-order valence-corrected chi connectivity index (χ1v) is 7.21. The second-order valence-corrected chi connectivity index (χ2v) is 5.48. The van der Waals surface area contributed by atoms with E-state index in [1.807, 2.05) is 37.8 Å². The van der Waals surface area contributed by atoms with Crippen LogP contribution in [-0.4, -0.2) is 32.9 Å². The van der Waals surface area contributed by atoms with Crippen molar-refractivity contribution in [3.63, 3.8) is 0 Å². The molecule has 4 heteroatoms. The molecule has 0 amide bonds. The van der Waals surface area contributed by atoms with Crippen molar-refractivity contribution in [3.05, 3.63) is 53.9 Å². The van der Waals surface area contributed by atoms with Crippen LogP contribution in [0.25, 0.3) is 0 Å². The van der Waals surface area contributed by atoms with Crippen molar-refractivity contribution in [1.29, 1.82) is 0 Å². The SMILES string of the molecule is Cc1ncc(CN2CCC(c3cccnc3)CC2)cn1. The van der Waals surface area contributed by atoms with Crippen LogP contribution in [0.1, 0.15) is 35.7 Å². The Morgan fingerprint density at radius 1 is 1.15 bits per heavy atom. The maximum atomic E-state index is 4.26. The van der Waals surface area contributed by atoms with Gasteiger partial charge in [0.25, 0.3) is 0 Å². The summed E-state index contributed by atoms with van der Waals surface area (Å²) in [6, 6.07) is 4.23. The molecule has 0 spiro atoms. The van der Waals surface area contributed by atoms with E-state index in [1.54, 1.807) is 0 Å². The average molecular weight is 268 g/mol. The molecule has 2 aromatic heterocycles. The molecule has 0 aliphatic carbocycles. The first kappa shape index (κ1) is 13.2. The quantitative estimate of drug-likeness (QED) is 0.858. The second kappa shape index (κ2) is 6.09. The van der Waals surface area contributed by atoms with Crippen LogP contribution in [0, 0.1) is 6.92 Å². The third-order valence-electron chi connectivity index (χ3n) is 3.98. The summed E-state index contributed by atoms with van der Waals surface area (Å²) in [4.78, 5) is 15.2. The van der Waals surface area contributed by atoms with Crippen molar-refractivity contribution in [2.75, 3.05) is 13.1 Å². The summed E-state index contributed by atoms with van der Waals surface area (Å²) in [5.74, 6) is 1.50. The van der Waals surface area contributed by atoms with E-state index in [1.165, 1.54) is 24.0 Å². The normalized spacial score (nSPS) is 17.2. The monoisotopic (exact) mass is 268 g/mol. The highest BCUT2D eigenvalue weighted by atomic mass is 15.1. The van der Waals surface area contributed by atoms with Crippen LogP contribution in [0.2, 0.25) is 0 Å². The number of hydrogen-bond acceptors (Lipinski definition) is 4. The molecule has 0 N–H and O–H groups in total. The lowest BCUT2D eigenvalue weighted by Crippen LogP contribution is -2.32. The van der Waals surface area contributed by atoms with Gasteiger partial charge >= 0.3 is 0 Å². The highest BCUT2D eigenvalue weighted by Crippen LogP contribution is 2.27. The topological polar surface area (TPSA) is 41.9 Å². The van der Waals surface area contributed by atoms with Gasteiger partial charge in [0.1, 0.15) is 5.82 Å². The van der Waals surface area contributed by atoms with Gasteiger partial charge in [-0.05, 0) is 50.4 Å². The van der Waals surface area contributed by atoms with Crippen LogP contribution < -0.4 is 0 Å². The number of pyridine rings is 1. The lowest BCUT2D eigenvalue weighted by molar-refractivity contribution is 0.204. The molecular weight excluding hydrogens is 248 g/mol. The van der Waals surface area contributed by atoms with E-state index in [2.05, 4.69) is 25.9 Å². The van der Waals surface area contributed by atoms with Gasteiger partial charge in [0.15, 0.2) is 0 Å². The third kappa shape index (κ3) is 3.20. The standard InChI is InChI=1S/C16H20N4/c1-13-18-9-14(10-19-13)12-20-7-4-15(5-8-20)16-3-2-6-17-11-16/h2-3,6,9-11,15H,4-5,7-8,12H2,1H3. The van der Waals surface area contributed by atoms with Gasteiger partial charge in [-0.3, -0.25) is 9.88 Å². The van der Waals surface area contributed by atoms with Crippen LogP contribution in [0.3, 0.4) is 0 Å². The van der Waals surface area contributed by atoms with E-state index in [4.69, 9.17) is 0 Å². The minimum atomic E-state index is 0.661. The largest absolute Gasteiger partial charge is 0.299 e. The van der Waals surface area contributed by atoms with Crippen molar-refractivity contribution in [2.45, 2.75) is 32.2 Å². The first-order valence-electron chi connectivity index (χ1n) is 7.21. The minimum absolute atomic E-state index is 0.661. The van der Waals surface area contributed by atoms with Crippen LogP contribution in [0.4, 0.5) is 0 Å². The number of aryl methyl sites for hydroxylation is 1. The van der Waals surface area contributed by atoms with Gasteiger partial charge in [0, 0.05) is 36.9 Å². The van der Waals surface area contributed by atoms with Gasteiger partial charge in [-0.25, -0.2) is 9.97 Å². The van der Waals surface area contributed by atoms with E-state index in [0.29, 0.717) is 5.92 Å². The van der Waals surface area contributed by atoms with Crippen molar-refractivity contribution < 1.29 is 0 Å². The lowest BCUT2D eigenvalue weighted by atomic mass is 9.90. The molecule has 0 radical (unpaired) electrons. The van der Waals surface area contributed by atoms with Crippen molar-refractivity contribution in [3.8, 4) is 0 Å². The zero-order valence-corrected chi connectivity index (χ0v) is 11.9. The molecule has 1 fully saturated rings. The number of nitrogens with zero attached hydrogens (tertiary/aromatic N) is 4. The number of piperidine rings is 1. The van der Waals surface area contributed by atoms with Crippen LogP contribution in [-0.2, 0) is 6.54 Å². The van der Waals surface area contributed by atoms with Gasteiger partial charge in [-0.15, -0.1) is 0 Å². The van der Waals surface area contributed by atoms with Crippen molar-refractivity contribution in [2.24, 2.45) is 0 Å². The van der Waals surface area contributed by atoms with E-state index in [9.17, 15) is 0 Å². The van der Waals surface area contributed by atoms with E-state index >= 15 is 0 Å². The zero-order chi connectivity index (χ0) is 13.8. The number of likely N-dealkylation sites (tertiary alicyclic amines) is 1. The summed E-state index contributed by atoms with van der Waals surface area (Å²) in [5, 5.41) is 0. The predicted octanol–water partition coefficient (Wildman–Crippen LogP) is 2.56. The predicted molar refractivity (Wildman–Crippen MR) is 78.3 cm³/mol. The van der Waals surface area contributed by atoms with Crippen LogP contribution >= 0.6 is 0 Å². The fourth-order valence-electron chi connectivity index (χ4n) is 2.80. The summed E-state index contributed by atoms with van der Waals surface area (Å²) in [5.41, 5.74) is 2.58. The highest BCUT2D eigenvalue weighted by molar-refractivity contribution is 5.15. The zero-order valence-electron chi connectivity index (χ0n) is 11.9. The molecular formula is C16H20N4. The molecule has 104 valence electrons. The molecule has 0 bridgehead atoms. The van der Waals surface area contributed by atoms with Crippen LogP contribution in [0.5, 0.6) is 0 Å². The summed E-state index contributed by atoms with van der Waals surface area (Å²) in [7, 11) is 0. The molecule has 0 atom stereocenters. The second-order valence-electron chi connectivity index (χ2n) is 5.48. The molecule has 20 heavy (non-hydrogen) atoms. The Bertz CT molecular complexity index is 530. The minimum Gasteiger partial charge on any atom is -0.299 e. The molecule has 3 heterocycles. The molecule has 1 aliphatic heterocycles. The Morgan fingerprint density at radius 3 is 2.55 bits per heavy atom. The maximum Gasteiger partial charge on any atom is 0.125 e. The van der Waals surface area contributed by atoms with E-state index < -0.39 is 0 Å². The van der Waals surface area contributed by atoms with Gasteiger partial charge < -0.3 is 0 Å². The van der Waals surface area contributed by atoms with Crippen molar-refractivity contribution >= 4 is 0 Å². The Morgan fingerprint density at radius 2 is 1.90 bits per heavy atom. The molecule has 1 saturated heterocycles. The number of rotatable bonds is 3. The summed E-state index contributed by atoms with van der Waals surface area (Å²) < 4.78 is 0. The Labute approximate surface area is 119 Å². The molecule has 4 nitrogen and oxygen atoms in total. The molecule has 0 unspecified atom stereocenters. The fraction of sp³-hybridized carbons (Fsp3) is 0.438. The molecule has 0 aromatic carbocycles. The van der Waals surface area contributed by atoms with E-state index in [0.717, 1.165) is 25.5 Å². The first-order chi connectivity index (χ1) is 9.81. The maximum absolute atomic E-state index is 4.26. The van der Waals surface area contributed by atoms with Crippen LogP contribution in [0.15, 0.2) is 36.9 Å². The van der Waals surface area contributed by atoms with Gasteiger partial charge in [-0.2, -0.15) is 0 Å². The Hall–Kier alpha value is -1.81. The summed E-state index contributed by atoms with van der Waals surface area (Å²) in [6.07, 6.45) is 10.1. The molecule has 1 aliphatic rings. The summed E-state index contributed by atoms with van der Waals surface area (Å²) >= 11 is 0. The van der Waals surface area contributed by atoms with E-state index in [-0.39, 0.29) is 0 Å². The molecule has 2 aromatic rings. The fourth-order valence-corrected chi connectivity index (χ4v) is 2.80. The number of aromatic nitrogens is 3. The smallest absolute Gasteiger partial charge is 0.125 e. The highest BCUT2D eigenvalue weighted by Gasteiger charge is 2.20. The van der Waals surface area contributed by atoms with Gasteiger partial charge in [0.2, 0.25) is 0 Å². The summed E-state index contributed by atoms with van der Waals surface area (Å²) in [6.45, 7) is 5.14. The Balaban J connectivity index is 1.55. The average Bonchev–Trinajstić information content (AvgIpc) is 2.51. The Kier molecular flexibility index (Phi) is 4.02. The van der Waals surface area contributed by atoms with Gasteiger partial charge in [0.05, 0.1) is 0 Å². The molecule has 0 saturated carbocycles.